The molecule has 4 heteroatoms. The average Bonchev–Trinajstić information content (AvgIpc) is 2.87. The standard InChI is InChI=1S/C14H26N4/c1-5-18-11-13(10-16-18)12(2)17-8-6-14(3,15-4)7-9-17/h10-12,15H,5-9H2,1-4H3. The molecular formula is C14H26N4. The third-order valence-corrected chi connectivity index (χ3v) is 4.51. The van der Waals surface area contributed by atoms with Crippen molar-refractivity contribution in [2.45, 2.75) is 51.7 Å². The van der Waals surface area contributed by atoms with Crippen LogP contribution < -0.4 is 5.32 Å². The molecule has 102 valence electrons. The van der Waals surface area contributed by atoms with Crippen LogP contribution in [-0.4, -0.2) is 40.4 Å². The van der Waals surface area contributed by atoms with Gasteiger partial charge in [-0.2, -0.15) is 5.10 Å². The Balaban J connectivity index is 1.97. The highest BCUT2D eigenvalue weighted by molar-refractivity contribution is 5.10. The van der Waals surface area contributed by atoms with E-state index in [2.05, 4.69) is 49.3 Å². The third kappa shape index (κ3) is 2.75. The summed E-state index contributed by atoms with van der Waals surface area (Å²) < 4.78 is 2.01. The first-order chi connectivity index (χ1) is 8.58. The van der Waals surface area contributed by atoms with Crippen molar-refractivity contribution >= 4 is 0 Å². The lowest BCUT2D eigenvalue weighted by Crippen LogP contribution is -2.50. The molecule has 1 aliphatic rings. The fraction of sp³-hybridized carbons (Fsp3) is 0.786. The maximum atomic E-state index is 4.37. The first kappa shape index (κ1) is 13.6. The smallest absolute Gasteiger partial charge is 0.0537 e. The van der Waals surface area contributed by atoms with Crippen LogP contribution in [0.3, 0.4) is 0 Å². The van der Waals surface area contributed by atoms with Gasteiger partial charge in [0.05, 0.1) is 6.20 Å². The highest BCUT2D eigenvalue weighted by Crippen LogP contribution is 2.28. The number of aromatic nitrogens is 2. The van der Waals surface area contributed by atoms with Gasteiger partial charge in [0.1, 0.15) is 0 Å². The Morgan fingerprint density at radius 2 is 2.11 bits per heavy atom. The number of hydrogen-bond donors (Lipinski definition) is 1. The largest absolute Gasteiger partial charge is 0.314 e. The quantitative estimate of drug-likeness (QED) is 0.887. The zero-order valence-corrected chi connectivity index (χ0v) is 12.1. The molecule has 2 rings (SSSR count). The van der Waals surface area contributed by atoms with Crippen molar-refractivity contribution in [3.63, 3.8) is 0 Å². The van der Waals surface area contributed by atoms with Crippen LogP contribution in [0.5, 0.6) is 0 Å². The van der Waals surface area contributed by atoms with E-state index in [1.807, 2.05) is 10.9 Å². The van der Waals surface area contributed by atoms with Crippen molar-refractivity contribution < 1.29 is 0 Å². The summed E-state index contributed by atoms with van der Waals surface area (Å²) >= 11 is 0. The molecule has 0 aliphatic carbocycles. The number of nitrogens with one attached hydrogen (secondary N) is 1. The summed E-state index contributed by atoms with van der Waals surface area (Å²) in [7, 11) is 2.07. The van der Waals surface area contributed by atoms with Crippen LogP contribution in [0.4, 0.5) is 0 Å². The summed E-state index contributed by atoms with van der Waals surface area (Å²) in [4.78, 5) is 2.57. The van der Waals surface area contributed by atoms with Crippen molar-refractivity contribution in [2.24, 2.45) is 0 Å². The van der Waals surface area contributed by atoms with Gasteiger partial charge in [0.15, 0.2) is 0 Å². The second kappa shape index (κ2) is 5.41. The van der Waals surface area contributed by atoms with Gasteiger partial charge in [-0.1, -0.05) is 0 Å². The predicted octanol–water partition coefficient (Wildman–Crippen LogP) is 2.04. The molecule has 0 bridgehead atoms. The predicted molar refractivity (Wildman–Crippen MR) is 74.6 cm³/mol. The number of nitrogens with zero attached hydrogens (tertiary/aromatic N) is 3. The molecule has 1 aromatic rings. The molecule has 1 saturated heterocycles. The van der Waals surface area contributed by atoms with Crippen molar-refractivity contribution in [3.05, 3.63) is 18.0 Å². The molecule has 1 atom stereocenters. The van der Waals surface area contributed by atoms with E-state index in [4.69, 9.17) is 0 Å². The summed E-state index contributed by atoms with van der Waals surface area (Å²) in [6, 6.07) is 0.478. The van der Waals surface area contributed by atoms with E-state index in [9.17, 15) is 0 Å². The van der Waals surface area contributed by atoms with Gasteiger partial charge < -0.3 is 5.32 Å². The minimum Gasteiger partial charge on any atom is -0.314 e. The maximum absolute atomic E-state index is 4.37. The average molecular weight is 250 g/mol. The molecule has 0 radical (unpaired) electrons. The zero-order chi connectivity index (χ0) is 13.2. The number of likely N-dealkylation sites (tertiary alicyclic amines) is 1. The number of rotatable bonds is 4. The minimum atomic E-state index is 0.323. The Kier molecular flexibility index (Phi) is 4.07. The van der Waals surface area contributed by atoms with Crippen LogP contribution in [0.15, 0.2) is 12.4 Å². The van der Waals surface area contributed by atoms with E-state index in [1.165, 1.54) is 18.4 Å². The fourth-order valence-electron chi connectivity index (χ4n) is 2.63. The van der Waals surface area contributed by atoms with Gasteiger partial charge in [0.2, 0.25) is 0 Å². The van der Waals surface area contributed by atoms with Crippen LogP contribution >= 0.6 is 0 Å². The molecule has 1 N–H and O–H groups in total. The molecule has 0 aromatic carbocycles. The minimum absolute atomic E-state index is 0.323. The Labute approximate surface area is 110 Å². The molecule has 0 saturated carbocycles. The summed E-state index contributed by atoms with van der Waals surface area (Å²) in [5.74, 6) is 0. The second-order valence-electron chi connectivity index (χ2n) is 5.65. The maximum Gasteiger partial charge on any atom is 0.0537 e. The van der Waals surface area contributed by atoms with Gasteiger partial charge in [0.25, 0.3) is 0 Å². The van der Waals surface area contributed by atoms with Crippen molar-refractivity contribution in [1.82, 2.24) is 20.0 Å². The summed E-state index contributed by atoms with van der Waals surface area (Å²) in [6.45, 7) is 10.0. The normalized spacial score (nSPS) is 22.0. The molecule has 2 heterocycles. The van der Waals surface area contributed by atoms with Crippen LogP contribution in [0.1, 0.15) is 45.2 Å². The SMILES string of the molecule is CCn1cc(C(C)N2CCC(C)(NC)CC2)cn1. The summed E-state index contributed by atoms with van der Waals surface area (Å²) in [5.41, 5.74) is 1.66. The molecular weight excluding hydrogens is 224 g/mol. The van der Waals surface area contributed by atoms with Crippen LogP contribution in [0.2, 0.25) is 0 Å². The molecule has 1 fully saturated rings. The van der Waals surface area contributed by atoms with Crippen LogP contribution in [-0.2, 0) is 6.54 Å². The third-order valence-electron chi connectivity index (χ3n) is 4.51. The van der Waals surface area contributed by atoms with E-state index >= 15 is 0 Å². The van der Waals surface area contributed by atoms with E-state index in [-0.39, 0.29) is 0 Å². The zero-order valence-electron chi connectivity index (χ0n) is 12.1. The Bertz CT molecular complexity index is 377. The molecule has 0 amide bonds. The van der Waals surface area contributed by atoms with E-state index in [1.54, 1.807) is 0 Å². The van der Waals surface area contributed by atoms with Gasteiger partial charge in [-0.3, -0.25) is 9.58 Å². The molecule has 1 aliphatic heterocycles. The van der Waals surface area contributed by atoms with Crippen molar-refractivity contribution in [3.8, 4) is 0 Å². The lowest BCUT2D eigenvalue weighted by atomic mass is 9.89. The number of aryl methyl sites for hydroxylation is 1. The fourth-order valence-corrected chi connectivity index (χ4v) is 2.63. The Morgan fingerprint density at radius 1 is 1.44 bits per heavy atom. The highest BCUT2D eigenvalue weighted by Gasteiger charge is 2.30. The van der Waals surface area contributed by atoms with Gasteiger partial charge in [-0.05, 0) is 40.7 Å². The van der Waals surface area contributed by atoms with Gasteiger partial charge >= 0.3 is 0 Å². The molecule has 0 spiro atoms. The van der Waals surface area contributed by atoms with Crippen molar-refractivity contribution in [2.75, 3.05) is 20.1 Å². The highest BCUT2D eigenvalue weighted by atomic mass is 15.3. The van der Waals surface area contributed by atoms with E-state index < -0.39 is 0 Å². The van der Waals surface area contributed by atoms with Crippen LogP contribution in [0.25, 0.3) is 0 Å². The second-order valence-corrected chi connectivity index (χ2v) is 5.65. The topological polar surface area (TPSA) is 33.1 Å². The van der Waals surface area contributed by atoms with E-state index in [0.717, 1.165) is 19.6 Å². The number of hydrogen-bond acceptors (Lipinski definition) is 3. The van der Waals surface area contributed by atoms with Gasteiger partial charge in [-0.25, -0.2) is 0 Å². The Hall–Kier alpha value is -0.870. The van der Waals surface area contributed by atoms with Crippen molar-refractivity contribution in [1.29, 1.82) is 0 Å². The van der Waals surface area contributed by atoms with Gasteiger partial charge in [0, 0.05) is 43.0 Å². The molecule has 1 aromatic heterocycles. The molecule has 1 unspecified atom stereocenters. The number of piperidine rings is 1. The van der Waals surface area contributed by atoms with Crippen LogP contribution in [0, 0.1) is 0 Å². The summed E-state index contributed by atoms with van der Waals surface area (Å²) in [6.07, 6.45) is 6.63. The van der Waals surface area contributed by atoms with Gasteiger partial charge in [-0.15, -0.1) is 0 Å². The lowest BCUT2D eigenvalue weighted by molar-refractivity contribution is 0.117. The van der Waals surface area contributed by atoms with E-state index in [0.29, 0.717) is 11.6 Å². The monoisotopic (exact) mass is 250 g/mol. The lowest BCUT2D eigenvalue weighted by Gasteiger charge is -2.41. The first-order valence-electron chi connectivity index (χ1n) is 7.03. The summed E-state index contributed by atoms with van der Waals surface area (Å²) in [5, 5.41) is 7.82. The molecule has 4 nitrogen and oxygen atoms in total. The Morgan fingerprint density at radius 3 is 2.61 bits per heavy atom. The molecule has 18 heavy (non-hydrogen) atoms. The first-order valence-corrected chi connectivity index (χ1v) is 7.03.